The highest BCUT2D eigenvalue weighted by atomic mass is 14.9. The summed E-state index contributed by atoms with van der Waals surface area (Å²) in [6, 6.07) is 0.810. The van der Waals surface area contributed by atoms with Gasteiger partial charge in [-0.2, -0.15) is 0 Å². The Morgan fingerprint density at radius 1 is 0.889 bits per heavy atom. The van der Waals surface area contributed by atoms with E-state index in [4.69, 9.17) is 0 Å². The molecule has 2 aliphatic rings. The lowest BCUT2D eigenvalue weighted by atomic mass is 9.78. The Hall–Kier alpha value is -0.0400. The van der Waals surface area contributed by atoms with Gasteiger partial charge in [0.15, 0.2) is 0 Å². The quantitative estimate of drug-likeness (QED) is 0.769. The van der Waals surface area contributed by atoms with Crippen LogP contribution in [0.25, 0.3) is 0 Å². The lowest BCUT2D eigenvalue weighted by Gasteiger charge is -2.35. The molecule has 0 aromatic heterocycles. The van der Waals surface area contributed by atoms with Crippen molar-refractivity contribution in [3.63, 3.8) is 0 Å². The zero-order valence-corrected chi connectivity index (χ0v) is 12.8. The highest BCUT2D eigenvalue weighted by molar-refractivity contribution is 4.82. The molecule has 0 spiro atoms. The van der Waals surface area contributed by atoms with Crippen LogP contribution in [-0.2, 0) is 0 Å². The molecule has 2 saturated carbocycles. The fourth-order valence-corrected chi connectivity index (χ4v) is 4.13. The molecule has 0 heterocycles. The molecule has 3 atom stereocenters. The van der Waals surface area contributed by atoms with Crippen LogP contribution >= 0.6 is 0 Å². The second-order valence-electron chi connectivity index (χ2n) is 7.21. The molecule has 2 fully saturated rings. The molecular weight excluding hydrogens is 218 g/mol. The van der Waals surface area contributed by atoms with E-state index in [0.29, 0.717) is 0 Å². The highest BCUT2D eigenvalue weighted by Gasteiger charge is 2.26. The molecule has 2 rings (SSSR count). The molecule has 0 aromatic carbocycles. The Kier molecular flexibility index (Phi) is 5.54. The Balaban J connectivity index is 1.66. The van der Waals surface area contributed by atoms with Crippen molar-refractivity contribution in [1.29, 1.82) is 0 Å². The first-order valence-electron chi connectivity index (χ1n) is 8.42. The Bertz CT molecular complexity index is 230. The van der Waals surface area contributed by atoms with Gasteiger partial charge in [0.1, 0.15) is 0 Å². The maximum absolute atomic E-state index is 3.89. The second kappa shape index (κ2) is 6.93. The molecule has 0 radical (unpaired) electrons. The minimum atomic E-state index is 0.810. The molecule has 0 saturated heterocycles. The van der Waals surface area contributed by atoms with E-state index in [2.05, 4.69) is 26.1 Å². The summed E-state index contributed by atoms with van der Waals surface area (Å²) < 4.78 is 0. The lowest BCUT2D eigenvalue weighted by Crippen LogP contribution is -2.41. The van der Waals surface area contributed by atoms with E-state index in [1.807, 2.05) is 0 Å². The van der Waals surface area contributed by atoms with Crippen molar-refractivity contribution in [2.75, 3.05) is 6.54 Å². The van der Waals surface area contributed by atoms with Crippen LogP contribution in [0, 0.1) is 23.7 Å². The Labute approximate surface area is 114 Å². The van der Waals surface area contributed by atoms with Crippen LogP contribution in [0.1, 0.15) is 72.1 Å². The first-order valence-corrected chi connectivity index (χ1v) is 8.42. The smallest absolute Gasteiger partial charge is 0.00930 e. The first-order chi connectivity index (χ1) is 8.69. The van der Waals surface area contributed by atoms with Crippen LogP contribution in [0.4, 0.5) is 0 Å². The number of nitrogens with one attached hydrogen (secondary N) is 1. The standard InChI is InChI=1S/C17H33N/c1-4-15-6-8-16(9-7-15)12-18-17-10-5-13(2)11-14(17)3/h13-18H,4-12H2,1-3H3. The highest BCUT2D eigenvalue weighted by Crippen LogP contribution is 2.32. The van der Waals surface area contributed by atoms with E-state index in [1.54, 1.807) is 0 Å². The van der Waals surface area contributed by atoms with Crippen molar-refractivity contribution in [2.45, 2.75) is 78.2 Å². The predicted octanol–water partition coefficient (Wildman–Crippen LogP) is 4.62. The van der Waals surface area contributed by atoms with Gasteiger partial charge in [0.2, 0.25) is 0 Å². The minimum absolute atomic E-state index is 0.810. The van der Waals surface area contributed by atoms with Crippen LogP contribution in [0.3, 0.4) is 0 Å². The molecule has 1 N–H and O–H groups in total. The molecule has 0 aromatic rings. The average Bonchev–Trinajstić information content (AvgIpc) is 2.38. The first kappa shape index (κ1) is 14.4. The van der Waals surface area contributed by atoms with Gasteiger partial charge in [-0.25, -0.2) is 0 Å². The van der Waals surface area contributed by atoms with Gasteiger partial charge in [-0.05, 0) is 62.3 Å². The van der Waals surface area contributed by atoms with E-state index in [9.17, 15) is 0 Å². The van der Waals surface area contributed by atoms with Crippen molar-refractivity contribution in [3.05, 3.63) is 0 Å². The molecular formula is C17H33N. The fraction of sp³-hybridized carbons (Fsp3) is 1.00. The zero-order chi connectivity index (χ0) is 13.0. The van der Waals surface area contributed by atoms with Crippen molar-refractivity contribution in [3.8, 4) is 0 Å². The summed E-state index contributed by atoms with van der Waals surface area (Å²) in [7, 11) is 0. The van der Waals surface area contributed by atoms with Crippen LogP contribution in [0.5, 0.6) is 0 Å². The summed E-state index contributed by atoms with van der Waals surface area (Å²) in [6.07, 6.45) is 11.6. The van der Waals surface area contributed by atoms with E-state index >= 15 is 0 Å². The monoisotopic (exact) mass is 251 g/mol. The van der Waals surface area contributed by atoms with Gasteiger partial charge in [-0.15, -0.1) is 0 Å². The molecule has 1 heteroatoms. The zero-order valence-electron chi connectivity index (χ0n) is 12.8. The maximum atomic E-state index is 3.89. The Morgan fingerprint density at radius 2 is 1.56 bits per heavy atom. The number of rotatable bonds is 4. The third kappa shape index (κ3) is 3.98. The molecule has 0 bridgehead atoms. The Morgan fingerprint density at radius 3 is 2.17 bits per heavy atom. The van der Waals surface area contributed by atoms with Gasteiger partial charge >= 0.3 is 0 Å². The SMILES string of the molecule is CCC1CCC(CNC2CCC(C)CC2C)CC1. The molecule has 18 heavy (non-hydrogen) atoms. The van der Waals surface area contributed by atoms with E-state index in [-0.39, 0.29) is 0 Å². The van der Waals surface area contributed by atoms with Crippen LogP contribution in [-0.4, -0.2) is 12.6 Å². The molecule has 106 valence electrons. The molecule has 1 nitrogen and oxygen atoms in total. The largest absolute Gasteiger partial charge is 0.313 e. The normalized spacial score (nSPS) is 41.8. The number of hydrogen-bond acceptors (Lipinski definition) is 1. The number of hydrogen-bond donors (Lipinski definition) is 1. The van der Waals surface area contributed by atoms with E-state index < -0.39 is 0 Å². The van der Waals surface area contributed by atoms with Crippen LogP contribution in [0.15, 0.2) is 0 Å². The van der Waals surface area contributed by atoms with Crippen molar-refractivity contribution < 1.29 is 0 Å². The van der Waals surface area contributed by atoms with Gasteiger partial charge in [-0.1, -0.05) is 40.0 Å². The predicted molar refractivity (Wildman–Crippen MR) is 79.7 cm³/mol. The molecule has 0 aliphatic heterocycles. The minimum Gasteiger partial charge on any atom is -0.313 e. The van der Waals surface area contributed by atoms with Gasteiger partial charge in [-0.3, -0.25) is 0 Å². The van der Waals surface area contributed by atoms with Crippen LogP contribution < -0.4 is 5.32 Å². The van der Waals surface area contributed by atoms with Gasteiger partial charge < -0.3 is 5.32 Å². The summed E-state index contributed by atoms with van der Waals surface area (Å²) in [6.45, 7) is 8.51. The third-order valence-electron chi connectivity index (χ3n) is 5.64. The molecule has 3 unspecified atom stereocenters. The maximum Gasteiger partial charge on any atom is 0.00930 e. The van der Waals surface area contributed by atoms with Crippen LogP contribution in [0.2, 0.25) is 0 Å². The summed E-state index contributed by atoms with van der Waals surface area (Å²) in [5, 5.41) is 3.89. The van der Waals surface area contributed by atoms with E-state index in [0.717, 1.165) is 29.7 Å². The van der Waals surface area contributed by atoms with Crippen molar-refractivity contribution >= 4 is 0 Å². The second-order valence-corrected chi connectivity index (χ2v) is 7.21. The molecule has 0 amide bonds. The lowest BCUT2D eigenvalue weighted by molar-refractivity contribution is 0.202. The summed E-state index contributed by atoms with van der Waals surface area (Å²) in [5.41, 5.74) is 0. The van der Waals surface area contributed by atoms with Crippen molar-refractivity contribution in [1.82, 2.24) is 5.32 Å². The summed E-state index contributed by atoms with van der Waals surface area (Å²) >= 11 is 0. The topological polar surface area (TPSA) is 12.0 Å². The molecule has 2 aliphatic carbocycles. The van der Waals surface area contributed by atoms with Crippen molar-refractivity contribution in [2.24, 2.45) is 23.7 Å². The summed E-state index contributed by atoms with van der Waals surface area (Å²) in [5.74, 6) is 3.86. The average molecular weight is 251 g/mol. The van der Waals surface area contributed by atoms with Gasteiger partial charge in [0.25, 0.3) is 0 Å². The van der Waals surface area contributed by atoms with E-state index in [1.165, 1.54) is 57.9 Å². The fourth-order valence-electron chi connectivity index (χ4n) is 4.13. The third-order valence-corrected chi connectivity index (χ3v) is 5.64. The van der Waals surface area contributed by atoms with Gasteiger partial charge in [0, 0.05) is 6.04 Å². The van der Waals surface area contributed by atoms with Gasteiger partial charge in [0.05, 0.1) is 0 Å². The summed E-state index contributed by atoms with van der Waals surface area (Å²) in [4.78, 5) is 0.